The molecule has 0 radical (unpaired) electrons. The fraction of sp³-hybridized carbons (Fsp3) is 0.667. The molecule has 1 amide bonds. The van der Waals surface area contributed by atoms with E-state index in [0.717, 1.165) is 18.6 Å². The second kappa shape index (κ2) is 6.75. The number of carbonyl (C=O) groups is 1. The topological polar surface area (TPSA) is 53.7 Å². The first-order valence-electron chi connectivity index (χ1n) is 7.16. The fourth-order valence-electron chi connectivity index (χ4n) is 2.68. The number of carbonyl (C=O) groups excluding carboxylic acids is 1. The van der Waals surface area contributed by atoms with E-state index in [-0.39, 0.29) is 5.91 Å². The number of nitrogens with zero attached hydrogens (tertiary/aromatic N) is 1. The third-order valence-electron chi connectivity index (χ3n) is 3.77. The van der Waals surface area contributed by atoms with Crippen LogP contribution in [0.3, 0.4) is 0 Å². The van der Waals surface area contributed by atoms with Crippen LogP contribution < -0.4 is 0 Å². The van der Waals surface area contributed by atoms with Crippen molar-refractivity contribution >= 4 is 5.91 Å². The average Bonchev–Trinajstić information content (AvgIpc) is 3.05. The van der Waals surface area contributed by atoms with Crippen LogP contribution in [-0.4, -0.2) is 28.1 Å². The van der Waals surface area contributed by atoms with E-state index >= 15 is 0 Å². The Morgan fingerprint density at radius 1 is 1.53 bits per heavy atom. The lowest BCUT2D eigenvalue weighted by atomic mass is 10.1. The van der Waals surface area contributed by atoms with Gasteiger partial charge in [-0.1, -0.05) is 12.8 Å². The van der Waals surface area contributed by atoms with Gasteiger partial charge in [0.25, 0.3) is 0 Å². The summed E-state index contributed by atoms with van der Waals surface area (Å²) in [6, 6.07) is 4.10. The van der Waals surface area contributed by atoms with E-state index in [1.54, 1.807) is 13.2 Å². The Morgan fingerprint density at radius 3 is 2.84 bits per heavy atom. The molecule has 0 aliphatic heterocycles. The van der Waals surface area contributed by atoms with Crippen molar-refractivity contribution in [1.29, 1.82) is 0 Å². The number of hydrogen-bond acceptors (Lipinski definition) is 3. The van der Waals surface area contributed by atoms with Crippen LogP contribution in [-0.2, 0) is 11.3 Å². The molecule has 0 bridgehead atoms. The number of rotatable bonds is 6. The van der Waals surface area contributed by atoms with Gasteiger partial charge in [-0.3, -0.25) is 4.79 Å². The first-order valence-corrected chi connectivity index (χ1v) is 7.16. The van der Waals surface area contributed by atoms with Gasteiger partial charge in [-0.25, -0.2) is 0 Å². The van der Waals surface area contributed by atoms with Gasteiger partial charge in [0, 0.05) is 12.5 Å². The van der Waals surface area contributed by atoms with Gasteiger partial charge in [0.2, 0.25) is 5.91 Å². The van der Waals surface area contributed by atoms with Gasteiger partial charge in [-0.05, 0) is 38.3 Å². The van der Waals surface area contributed by atoms with Crippen LogP contribution >= 0.6 is 0 Å². The molecule has 1 aliphatic rings. The van der Waals surface area contributed by atoms with E-state index < -0.39 is 6.10 Å². The minimum absolute atomic E-state index is 0.129. The molecule has 1 aromatic heterocycles. The van der Waals surface area contributed by atoms with Crippen molar-refractivity contribution in [2.24, 2.45) is 0 Å². The molecule has 1 saturated carbocycles. The monoisotopic (exact) mass is 265 g/mol. The Hall–Kier alpha value is -1.29. The molecule has 1 aliphatic carbocycles. The Bertz CT molecular complexity index is 380. The molecule has 4 heteroatoms. The van der Waals surface area contributed by atoms with Gasteiger partial charge < -0.3 is 14.4 Å². The highest BCUT2D eigenvalue weighted by molar-refractivity contribution is 5.76. The Morgan fingerprint density at radius 2 is 2.26 bits per heavy atom. The molecular formula is C15H23NO3. The summed E-state index contributed by atoms with van der Waals surface area (Å²) in [6.45, 7) is 2.27. The molecule has 0 aromatic carbocycles. The van der Waals surface area contributed by atoms with Gasteiger partial charge in [0.05, 0.1) is 18.9 Å². The highest BCUT2D eigenvalue weighted by atomic mass is 16.3. The number of hydrogen-bond donors (Lipinski definition) is 1. The van der Waals surface area contributed by atoms with Crippen molar-refractivity contribution in [1.82, 2.24) is 4.90 Å². The zero-order valence-corrected chi connectivity index (χ0v) is 11.5. The predicted octanol–water partition coefficient (Wildman–Crippen LogP) is 2.71. The molecule has 4 nitrogen and oxygen atoms in total. The van der Waals surface area contributed by atoms with Crippen LogP contribution in [0.15, 0.2) is 22.8 Å². The largest absolute Gasteiger partial charge is 0.467 e. The molecule has 0 spiro atoms. The first-order chi connectivity index (χ1) is 9.16. The van der Waals surface area contributed by atoms with Crippen molar-refractivity contribution in [2.75, 3.05) is 0 Å². The number of furan rings is 1. The lowest BCUT2D eigenvalue weighted by Gasteiger charge is -2.28. The lowest BCUT2D eigenvalue weighted by molar-refractivity contribution is -0.135. The van der Waals surface area contributed by atoms with Crippen molar-refractivity contribution in [2.45, 2.75) is 64.1 Å². The summed E-state index contributed by atoms with van der Waals surface area (Å²) in [5.41, 5.74) is 0. The number of amides is 1. The highest BCUT2D eigenvalue weighted by Gasteiger charge is 2.27. The van der Waals surface area contributed by atoms with Crippen LogP contribution in [0.4, 0.5) is 0 Å². The average molecular weight is 265 g/mol. The van der Waals surface area contributed by atoms with Gasteiger partial charge in [-0.15, -0.1) is 0 Å². The normalized spacial score (nSPS) is 17.6. The van der Waals surface area contributed by atoms with Crippen LogP contribution in [0.5, 0.6) is 0 Å². The molecule has 0 saturated heterocycles. The highest BCUT2D eigenvalue weighted by Crippen LogP contribution is 2.26. The molecule has 1 heterocycles. The second-order valence-corrected chi connectivity index (χ2v) is 5.43. The van der Waals surface area contributed by atoms with Crippen LogP contribution in [0.2, 0.25) is 0 Å². The summed E-state index contributed by atoms with van der Waals surface area (Å²) in [7, 11) is 0. The van der Waals surface area contributed by atoms with Gasteiger partial charge >= 0.3 is 0 Å². The molecule has 106 valence electrons. The zero-order valence-electron chi connectivity index (χ0n) is 11.5. The predicted molar refractivity (Wildman–Crippen MR) is 72.4 cm³/mol. The van der Waals surface area contributed by atoms with E-state index in [0.29, 0.717) is 25.4 Å². The van der Waals surface area contributed by atoms with Gasteiger partial charge in [-0.2, -0.15) is 0 Å². The van der Waals surface area contributed by atoms with Crippen molar-refractivity contribution in [3.63, 3.8) is 0 Å². The maximum absolute atomic E-state index is 12.3. The minimum Gasteiger partial charge on any atom is -0.467 e. The van der Waals surface area contributed by atoms with Gasteiger partial charge in [0.1, 0.15) is 5.76 Å². The first kappa shape index (κ1) is 14.1. The molecule has 1 unspecified atom stereocenters. The summed E-state index contributed by atoms with van der Waals surface area (Å²) >= 11 is 0. The van der Waals surface area contributed by atoms with Crippen LogP contribution in [0.1, 0.15) is 51.2 Å². The molecule has 19 heavy (non-hydrogen) atoms. The standard InChI is InChI=1S/C15H23NO3/c1-12(17)8-9-15(18)16(13-5-2-3-6-13)11-14-7-4-10-19-14/h4,7,10,12-13,17H,2-3,5-6,8-9,11H2,1H3. The van der Waals surface area contributed by atoms with Crippen molar-refractivity contribution in [3.05, 3.63) is 24.2 Å². The summed E-state index contributed by atoms with van der Waals surface area (Å²) in [5.74, 6) is 0.960. The fourth-order valence-corrected chi connectivity index (χ4v) is 2.68. The Labute approximate surface area is 114 Å². The van der Waals surface area contributed by atoms with Crippen LogP contribution in [0, 0.1) is 0 Å². The molecule has 1 fully saturated rings. The third kappa shape index (κ3) is 4.10. The maximum Gasteiger partial charge on any atom is 0.223 e. The molecule has 2 rings (SSSR count). The zero-order chi connectivity index (χ0) is 13.7. The van der Waals surface area contributed by atoms with E-state index in [1.807, 2.05) is 17.0 Å². The third-order valence-corrected chi connectivity index (χ3v) is 3.77. The SMILES string of the molecule is CC(O)CCC(=O)N(Cc1ccco1)C1CCCC1. The van der Waals surface area contributed by atoms with Gasteiger partial charge in [0.15, 0.2) is 0 Å². The van der Waals surface area contributed by atoms with E-state index in [1.165, 1.54) is 12.8 Å². The molecule has 1 aromatic rings. The van der Waals surface area contributed by atoms with E-state index in [9.17, 15) is 9.90 Å². The van der Waals surface area contributed by atoms with Crippen LogP contribution in [0.25, 0.3) is 0 Å². The maximum atomic E-state index is 12.3. The lowest BCUT2D eigenvalue weighted by Crippen LogP contribution is -2.38. The number of aliphatic hydroxyl groups is 1. The quantitative estimate of drug-likeness (QED) is 0.860. The molecule has 1 N–H and O–H groups in total. The molecule has 1 atom stereocenters. The smallest absolute Gasteiger partial charge is 0.223 e. The van der Waals surface area contributed by atoms with Crippen molar-refractivity contribution in [3.8, 4) is 0 Å². The Kier molecular flexibility index (Phi) is 5.02. The molecular weight excluding hydrogens is 242 g/mol. The summed E-state index contributed by atoms with van der Waals surface area (Å²) in [6.07, 6.45) is 6.73. The van der Waals surface area contributed by atoms with Crippen molar-refractivity contribution < 1.29 is 14.3 Å². The number of aliphatic hydroxyl groups excluding tert-OH is 1. The Balaban J connectivity index is 1.98. The van der Waals surface area contributed by atoms with E-state index in [4.69, 9.17) is 4.42 Å². The minimum atomic E-state index is -0.419. The second-order valence-electron chi connectivity index (χ2n) is 5.43. The van der Waals surface area contributed by atoms with E-state index in [2.05, 4.69) is 0 Å². The summed E-state index contributed by atoms with van der Waals surface area (Å²) < 4.78 is 5.36. The summed E-state index contributed by atoms with van der Waals surface area (Å²) in [4.78, 5) is 14.3. The summed E-state index contributed by atoms with van der Waals surface area (Å²) in [5, 5.41) is 9.32.